The molecule has 1 aromatic carbocycles. The minimum atomic E-state index is 0.0221. The molecule has 0 saturated carbocycles. The zero-order chi connectivity index (χ0) is 13.8. The minimum Gasteiger partial charge on any atom is -0.508 e. The first-order valence-electron chi connectivity index (χ1n) is 6.73. The van der Waals surface area contributed by atoms with Gasteiger partial charge in [0.2, 0.25) is 0 Å². The maximum atomic E-state index is 11.4. The van der Waals surface area contributed by atoms with Gasteiger partial charge in [0.1, 0.15) is 5.75 Å². The van der Waals surface area contributed by atoms with Gasteiger partial charge in [0.25, 0.3) is 0 Å². The van der Waals surface area contributed by atoms with Crippen LogP contribution in [0.3, 0.4) is 0 Å². The Labute approximate surface area is 114 Å². The second-order valence-corrected chi connectivity index (χ2v) is 5.17. The minimum absolute atomic E-state index is 0.0221. The van der Waals surface area contributed by atoms with Gasteiger partial charge in [0, 0.05) is 37.4 Å². The maximum absolute atomic E-state index is 11.4. The van der Waals surface area contributed by atoms with Gasteiger partial charge in [-0.05, 0) is 38.5 Å². The highest BCUT2D eigenvalue weighted by Crippen LogP contribution is 2.21. The van der Waals surface area contributed by atoms with Crippen LogP contribution >= 0.6 is 0 Å². The molecule has 19 heavy (non-hydrogen) atoms. The van der Waals surface area contributed by atoms with Crippen LogP contribution in [0.1, 0.15) is 36.2 Å². The van der Waals surface area contributed by atoms with Crippen molar-refractivity contribution in [2.24, 2.45) is 0 Å². The summed E-state index contributed by atoms with van der Waals surface area (Å²) in [5.74, 6) is 0.275. The van der Waals surface area contributed by atoms with Crippen molar-refractivity contribution < 1.29 is 14.6 Å². The van der Waals surface area contributed by atoms with E-state index in [4.69, 9.17) is 4.74 Å². The van der Waals surface area contributed by atoms with Crippen molar-refractivity contribution in [3.8, 4) is 5.75 Å². The molecule has 0 aromatic heterocycles. The molecule has 1 aromatic rings. The predicted molar refractivity (Wildman–Crippen MR) is 73.4 cm³/mol. The molecule has 4 heteroatoms. The molecule has 1 aliphatic heterocycles. The summed E-state index contributed by atoms with van der Waals surface area (Å²) in [5, 5.41) is 9.91. The lowest BCUT2D eigenvalue weighted by molar-refractivity contribution is 0.0667. The standard InChI is InChI=1S/C15H21NO3/c1-11-9-16(6-3-7-19-11)10-14-8-13(12(2)17)4-5-15(14)18/h4-5,8,11,18H,3,6-7,9-10H2,1-2H3. The highest BCUT2D eigenvalue weighted by Gasteiger charge is 2.17. The van der Waals surface area contributed by atoms with E-state index in [-0.39, 0.29) is 17.6 Å². The van der Waals surface area contributed by atoms with Crippen LogP contribution in [-0.4, -0.2) is 41.6 Å². The quantitative estimate of drug-likeness (QED) is 0.849. The van der Waals surface area contributed by atoms with Crippen molar-refractivity contribution in [1.82, 2.24) is 4.90 Å². The summed E-state index contributed by atoms with van der Waals surface area (Å²) >= 11 is 0. The van der Waals surface area contributed by atoms with Crippen LogP contribution in [0.15, 0.2) is 18.2 Å². The first-order valence-corrected chi connectivity index (χ1v) is 6.73. The van der Waals surface area contributed by atoms with Gasteiger partial charge in [-0.2, -0.15) is 0 Å². The Balaban J connectivity index is 2.12. The van der Waals surface area contributed by atoms with Crippen molar-refractivity contribution in [2.75, 3.05) is 19.7 Å². The van der Waals surface area contributed by atoms with Crippen molar-refractivity contribution in [2.45, 2.75) is 32.9 Å². The van der Waals surface area contributed by atoms with Gasteiger partial charge in [-0.25, -0.2) is 0 Å². The highest BCUT2D eigenvalue weighted by atomic mass is 16.5. The van der Waals surface area contributed by atoms with Gasteiger partial charge < -0.3 is 9.84 Å². The molecular formula is C15H21NO3. The van der Waals surface area contributed by atoms with E-state index in [9.17, 15) is 9.90 Å². The number of ketones is 1. The predicted octanol–water partition coefficient (Wildman–Crippen LogP) is 2.21. The smallest absolute Gasteiger partial charge is 0.159 e. The second-order valence-electron chi connectivity index (χ2n) is 5.17. The first kappa shape index (κ1) is 14.0. The van der Waals surface area contributed by atoms with E-state index < -0.39 is 0 Å². The number of ether oxygens (including phenoxy) is 1. The topological polar surface area (TPSA) is 49.8 Å². The molecule has 1 fully saturated rings. The molecule has 0 amide bonds. The molecule has 0 aliphatic carbocycles. The zero-order valence-electron chi connectivity index (χ0n) is 11.6. The highest BCUT2D eigenvalue weighted by molar-refractivity contribution is 5.94. The third-order valence-corrected chi connectivity index (χ3v) is 3.42. The number of benzene rings is 1. The Bertz CT molecular complexity index is 459. The number of phenols is 1. The van der Waals surface area contributed by atoms with Crippen LogP contribution in [0.4, 0.5) is 0 Å². The van der Waals surface area contributed by atoms with Crippen LogP contribution < -0.4 is 0 Å². The fourth-order valence-corrected chi connectivity index (χ4v) is 2.40. The van der Waals surface area contributed by atoms with Crippen LogP contribution in [0, 0.1) is 0 Å². The fourth-order valence-electron chi connectivity index (χ4n) is 2.40. The molecule has 0 radical (unpaired) electrons. The van der Waals surface area contributed by atoms with Crippen LogP contribution in [-0.2, 0) is 11.3 Å². The molecule has 1 heterocycles. The molecule has 0 bridgehead atoms. The van der Waals surface area contributed by atoms with Gasteiger partial charge in [0.15, 0.2) is 5.78 Å². The summed E-state index contributed by atoms with van der Waals surface area (Å²) in [6.45, 7) is 6.85. The summed E-state index contributed by atoms with van der Waals surface area (Å²) in [6.07, 6.45) is 1.21. The lowest BCUT2D eigenvalue weighted by Gasteiger charge is -2.22. The van der Waals surface area contributed by atoms with Crippen LogP contribution in [0.2, 0.25) is 0 Å². The molecule has 1 saturated heterocycles. The van der Waals surface area contributed by atoms with Gasteiger partial charge >= 0.3 is 0 Å². The number of hydrogen-bond acceptors (Lipinski definition) is 4. The van der Waals surface area contributed by atoms with Gasteiger partial charge in [-0.15, -0.1) is 0 Å². The Kier molecular flexibility index (Phi) is 4.56. The average molecular weight is 263 g/mol. The Morgan fingerprint density at radius 3 is 3.05 bits per heavy atom. The lowest BCUT2D eigenvalue weighted by atomic mass is 10.1. The molecule has 1 atom stereocenters. The zero-order valence-corrected chi connectivity index (χ0v) is 11.6. The number of carbonyl (C=O) groups excluding carboxylic acids is 1. The van der Waals surface area contributed by atoms with Gasteiger partial charge in [-0.1, -0.05) is 0 Å². The van der Waals surface area contributed by atoms with E-state index in [0.29, 0.717) is 12.1 Å². The van der Waals surface area contributed by atoms with E-state index in [1.165, 1.54) is 6.92 Å². The number of rotatable bonds is 3. The van der Waals surface area contributed by atoms with Crippen molar-refractivity contribution in [1.29, 1.82) is 0 Å². The normalized spacial score (nSPS) is 21.1. The number of hydrogen-bond donors (Lipinski definition) is 1. The fraction of sp³-hybridized carbons (Fsp3) is 0.533. The molecule has 1 N–H and O–H groups in total. The van der Waals surface area contributed by atoms with E-state index in [1.807, 2.05) is 0 Å². The molecule has 0 spiro atoms. The third-order valence-electron chi connectivity index (χ3n) is 3.42. The van der Waals surface area contributed by atoms with Crippen LogP contribution in [0.25, 0.3) is 0 Å². The summed E-state index contributed by atoms with van der Waals surface area (Å²) in [6, 6.07) is 5.05. The Morgan fingerprint density at radius 2 is 2.32 bits per heavy atom. The van der Waals surface area contributed by atoms with E-state index in [1.54, 1.807) is 18.2 Å². The number of aromatic hydroxyl groups is 1. The number of carbonyl (C=O) groups is 1. The molecule has 4 nitrogen and oxygen atoms in total. The monoisotopic (exact) mass is 263 g/mol. The Morgan fingerprint density at radius 1 is 1.53 bits per heavy atom. The van der Waals surface area contributed by atoms with Crippen molar-refractivity contribution in [3.05, 3.63) is 29.3 Å². The largest absolute Gasteiger partial charge is 0.508 e. The van der Waals surface area contributed by atoms with Crippen LogP contribution in [0.5, 0.6) is 5.75 Å². The number of Topliss-reactive ketones (excluding diaryl/α,β-unsaturated/α-hetero) is 1. The molecule has 1 unspecified atom stereocenters. The number of phenolic OH excluding ortho intramolecular Hbond substituents is 1. The van der Waals surface area contributed by atoms with Crippen molar-refractivity contribution >= 4 is 5.78 Å². The molecule has 2 rings (SSSR count). The second kappa shape index (κ2) is 6.17. The lowest BCUT2D eigenvalue weighted by Crippen LogP contribution is -2.29. The third kappa shape index (κ3) is 3.78. The number of nitrogens with zero attached hydrogens (tertiary/aromatic N) is 1. The summed E-state index contributed by atoms with van der Waals surface area (Å²) in [4.78, 5) is 13.7. The SMILES string of the molecule is CC(=O)c1ccc(O)c(CN2CCCOC(C)C2)c1. The summed E-state index contributed by atoms with van der Waals surface area (Å²) < 4.78 is 5.60. The van der Waals surface area contributed by atoms with Crippen molar-refractivity contribution in [3.63, 3.8) is 0 Å². The van der Waals surface area contributed by atoms with Gasteiger partial charge in [0.05, 0.1) is 6.10 Å². The Hall–Kier alpha value is -1.39. The van der Waals surface area contributed by atoms with E-state index in [2.05, 4.69) is 11.8 Å². The molecule has 1 aliphatic rings. The van der Waals surface area contributed by atoms with E-state index in [0.717, 1.165) is 31.7 Å². The maximum Gasteiger partial charge on any atom is 0.159 e. The molecule has 104 valence electrons. The first-order chi connectivity index (χ1) is 9.06. The summed E-state index contributed by atoms with van der Waals surface area (Å²) in [5.41, 5.74) is 1.45. The van der Waals surface area contributed by atoms with E-state index >= 15 is 0 Å². The average Bonchev–Trinajstić information content (AvgIpc) is 2.56. The molecular weight excluding hydrogens is 242 g/mol. The summed E-state index contributed by atoms with van der Waals surface area (Å²) in [7, 11) is 0. The van der Waals surface area contributed by atoms with Gasteiger partial charge in [-0.3, -0.25) is 9.69 Å².